The number of primary amides is 1. The van der Waals surface area contributed by atoms with E-state index in [2.05, 4.69) is 26.3 Å². The van der Waals surface area contributed by atoms with Gasteiger partial charge in [-0.15, -0.1) is 0 Å². The summed E-state index contributed by atoms with van der Waals surface area (Å²) in [6.07, 6.45) is 5.25. The zero-order valence-corrected chi connectivity index (χ0v) is 13.2. The van der Waals surface area contributed by atoms with Crippen LogP contribution >= 0.6 is 15.9 Å². The topological polar surface area (TPSA) is 72.4 Å². The minimum Gasteiger partial charge on any atom is -0.377 e. The summed E-state index contributed by atoms with van der Waals surface area (Å²) in [4.78, 5) is 11.6. The maximum absolute atomic E-state index is 14.5. The van der Waals surface area contributed by atoms with Crippen molar-refractivity contribution in [3.8, 4) is 0 Å². The van der Waals surface area contributed by atoms with E-state index in [1.165, 1.54) is 6.20 Å². The van der Waals surface area contributed by atoms with Crippen molar-refractivity contribution in [1.29, 1.82) is 0 Å². The summed E-state index contributed by atoms with van der Waals surface area (Å²) in [7, 11) is 0. The summed E-state index contributed by atoms with van der Waals surface area (Å²) in [5.74, 6) is -0.580. The Hall–Kier alpha value is -1.63. The van der Waals surface area contributed by atoms with Crippen LogP contribution in [0.15, 0.2) is 22.9 Å². The standard InChI is InChI=1S/C14H16BrFN4O/c1-14(16)4-2-3-11(14)19-12-9(13(17)21)6-18-20-7-8(15)5-10(12)20/h5-7,11,19H,2-4H2,1H3,(H2,17,21)/t11-,14-/m1/s1. The van der Waals surface area contributed by atoms with Crippen molar-refractivity contribution in [2.24, 2.45) is 5.73 Å². The van der Waals surface area contributed by atoms with E-state index in [0.717, 1.165) is 17.3 Å². The molecule has 2 aromatic rings. The molecule has 3 N–H and O–H groups in total. The van der Waals surface area contributed by atoms with Gasteiger partial charge in [0.15, 0.2) is 0 Å². The molecule has 1 amide bonds. The molecule has 1 aliphatic rings. The van der Waals surface area contributed by atoms with Crippen molar-refractivity contribution in [3.05, 3.63) is 28.5 Å². The molecule has 0 aromatic carbocycles. The third kappa shape index (κ3) is 2.50. The highest BCUT2D eigenvalue weighted by Gasteiger charge is 2.39. The van der Waals surface area contributed by atoms with Crippen LogP contribution in [0.2, 0.25) is 0 Å². The number of nitrogens with zero attached hydrogens (tertiary/aromatic N) is 2. The van der Waals surface area contributed by atoms with Crippen LogP contribution in [0.4, 0.5) is 10.1 Å². The van der Waals surface area contributed by atoms with Crippen molar-refractivity contribution in [2.45, 2.75) is 37.9 Å². The molecule has 1 aliphatic carbocycles. The number of nitrogens with one attached hydrogen (secondary N) is 1. The SMILES string of the molecule is C[C@@]1(F)CCC[C@H]1Nc1c(C(N)=O)cnn2cc(Br)cc12. The third-order valence-electron chi connectivity index (χ3n) is 4.07. The fraction of sp³-hybridized carbons (Fsp3) is 0.429. The van der Waals surface area contributed by atoms with E-state index >= 15 is 0 Å². The number of aromatic nitrogens is 2. The molecule has 21 heavy (non-hydrogen) atoms. The predicted molar refractivity (Wildman–Crippen MR) is 82.2 cm³/mol. The van der Waals surface area contributed by atoms with Crippen LogP contribution in [0.25, 0.3) is 5.52 Å². The lowest BCUT2D eigenvalue weighted by atomic mass is 10.0. The van der Waals surface area contributed by atoms with Crippen molar-refractivity contribution < 1.29 is 9.18 Å². The number of hydrogen-bond donors (Lipinski definition) is 2. The maximum Gasteiger partial charge on any atom is 0.252 e. The summed E-state index contributed by atoms with van der Waals surface area (Å²) in [6.45, 7) is 1.59. The van der Waals surface area contributed by atoms with E-state index in [-0.39, 0.29) is 11.6 Å². The maximum atomic E-state index is 14.5. The molecule has 0 aliphatic heterocycles. The van der Waals surface area contributed by atoms with E-state index < -0.39 is 11.6 Å². The molecule has 1 saturated carbocycles. The molecular formula is C14H16BrFN4O. The van der Waals surface area contributed by atoms with Crippen molar-refractivity contribution in [2.75, 3.05) is 5.32 Å². The largest absolute Gasteiger partial charge is 0.377 e. The Labute approximate surface area is 129 Å². The molecule has 0 saturated heterocycles. The second-order valence-corrected chi connectivity index (χ2v) is 6.57. The van der Waals surface area contributed by atoms with Crippen LogP contribution in [0.5, 0.6) is 0 Å². The number of alkyl halides is 1. The Morgan fingerprint density at radius 1 is 1.67 bits per heavy atom. The number of nitrogens with two attached hydrogens (primary N) is 1. The first-order valence-corrected chi connectivity index (χ1v) is 7.60. The van der Waals surface area contributed by atoms with E-state index in [0.29, 0.717) is 17.6 Å². The second-order valence-electron chi connectivity index (χ2n) is 5.65. The van der Waals surface area contributed by atoms with Crippen molar-refractivity contribution in [1.82, 2.24) is 9.61 Å². The molecule has 0 radical (unpaired) electrons. The second kappa shape index (κ2) is 4.98. The predicted octanol–water partition coefficient (Wildman–Crippen LogP) is 2.89. The zero-order chi connectivity index (χ0) is 15.2. The number of carbonyl (C=O) groups excluding carboxylic acids is 1. The fourth-order valence-corrected chi connectivity index (χ4v) is 3.30. The summed E-state index contributed by atoms with van der Waals surface area (Å²) in [6, 6.07) is 1.49. The van der Waals surface area contributed by atoms with Crippen LogP contribution in [0, 0.1) is 0 Å². The number of anilines is 1. The molecule has 0 unspecified atom stereocenters. The smallest absolute Gasteiger partial charge is 0.252 e. The molecule has 2 aromatic heterocycles. The van der Waals surface area contributed by atoms with Crippen molar-refractivity contribution >= 4 is 33.0 Å². The minimum absolute atomic E-state index is 0.274. The number of carbonyl (C=O) groups is 1. The van der Waals surface area contributed by atoms with E-state index in [1.54, 1.807) is 17.6 Å². The highest BCUT2D eigenvalue weighted by atomic mass is 79.9. The van der Waals surface area contributed by atoms with Gasteiger partial charge >= 0.3 is 0 Å². The molecule has 2 heterocycles. The molecule has 0 spiro atoms. The number of rotatable bonds is 3. The van der Waals surface area contributed by atoms with Gasteiger partial charge in [0.2, 0.25) is 0 Å². The van der Waals surface area contributed by atoms with Crippen LogP contribution in [0.3, 0.4) is 0 Å². The average molecular weight is 355 g/mol. The molecule has 5 nitrogen and oxygen atoms in total. The Balaban J connectivity index is 2.10. The van der Waals surface area contributed by atoms with Gasteiger partial charge in [-0.1, -0.05) is 0 Å². The Morgan fingerprint density at radius 3 is 3.05 bits per heavy atom. The molecule has 112 valence electrons. The van der Waals surface area contributed by atoms with Crippen LogP contribution in [-0.2, 0) is 0 Å². The Kier molecular flexibility index (Phi) is 3.39. The fourth-order valence-electron chi connectivity index (χ4n) is 2.89. The number of fused-ring (bicyclic) bond motifs is 1. The monoisotopic (exact) mass is 354 g/mol. The van der Waals surface area contributed by atoms with Gasteiger partial charge in [0.25, 0.3) is 5.91 Å². The Morgan fingerprint density at radius 2 is 2.43 bits per heavy atom. The van der Waals surface area contributed by atoms with E-state index in [4.69, 9.17) is 5.73 Å². The van der Waals surface area contributed by atoms with Gasteiger partial charge in [0.1, 0.15) is 5.67 Å². The van der Waals surface area contributed by atoms with Gasteiger partial charge < -0.3 is 11.1 Å². The van der Waals surface area contributed by atoms with Crippen LogP contribution in [-0.4, -0.2) is 27.2 Å². The molecule has 7 heteroatoms. The zero-order valence-electron chi connectivity index (χ0n) is 11.6. The summed E-state index contributed by atoms with van der Waals surface area (Å²) in [5, 5.41) is 7.33. The first-order valence-electron chi connectivity index (χ1n) is 6.80. The molecule has 1 fully saturated rings. The van der Waals surface area contributed by atoms with Gasteiger partial charge in [0, 0.05) is 10.7 Å². The molecule has 3 rings (SSSR count). The highest BCUT2D eigenvalue weighted by molar-refractivity contribution is 9.10. The van der Waals surface area contributed by atoms with Gasteiger partial charge in [-0.2, -0.15) is 5.10 Å². The number of halogens is 2. The summed E-state index contributed by atoms with van der Waals surface area (Å²) >= 11 is 3.38. The lowest BCUT2D eigenvalue weighted by Crippen LogP contribution is -2.36. The van der Waals surface area contributed by atoms with Gasteiger partial charge in [-0.05, 0) is 48.2 Å². The van der Waals surface area contributed by atoms with Crippen molar-refractivity contribution in [3.63, 3.8) is 0 Å². The lowest BCUT2D eigenvalue weighted by Gasteiger charge is -2.26. The molecular weight excluding hydrogens is 339 g/mol. The lowest BCUT2D eigenvalue weighted by molar-refractivity contribution is 0.1000. The normalized spacial score (nSPS) is 25.4. The first kappa shape index (κ1) is 14.3. The number of amides is 1. The third-order valence-corrected chi connectivity index (χ3v) is 4.51. The quantitative estimate of drug-likeness (QED) is 0.889. The minimum atomic E-state index is -1.29. The Bertz CT molecular complexity index is 712. The summed E-state index contributed by atoms with van der Waals surface area (Å²) < 4.78 is 16.9. The van der Waals surface area contributed by atoms with Gasteiger partial charge in [-0.25, -0.2) is 8.91 Å². The molecule has 2 atom stereocenters. The molecule has 0 bridgehead atoms. The van der Waals surface area contributed by atoms with E-state index in [9.17, 15) is 9.18 Å². The summed E-state index contributed by atoms with van der Waals surface area (Å²) in [5.41, 5.74) is 5.64. The van der Waals surface area contributed by atoms with Crippen LogP contribution in [0.1, 0.15) is 36.5 Å². The van der Waals surface area contributed by atoms with Crippen LogP contribution < -0.4 is 11.1 Å². The van der Waals surface area contributed by atoms with E-state index in [1.807, 2.05) is 6.07 Å². The first-order chi connectivity index (χ1) is 9.88. The average Bonchev–Trinajstić information content (AvgIpc) is 2.92. The highest BCUT2D eigenvalue weighted by Crippen LogP contribution is 2.37. The van der Waals surface area contributed by atoms with Gasteiger partial charge in [-0.3, -0.25) is 4.79 Å². The number of hydrogen-bond acceptors (Lipinski definition) is 3. The van der Waals surface area contributed by atoms with Gasteiger partial charge in [0.05, 0.1) is 29.0 Å².